The highest BCUT2D eigenvalue weighted by Gasteiger charge is 2.38. The van der Waals surface area contributed by atoms with E-state index in [9.17, 15) is 0 Å². The minimum atomic E-state index is -0.356. The summed E-state index contributed by atoms with van der Waals surface area (Å²) in [6, 6.07) is 43.8. The van der Waals surface area contributed by atoms with E-state index in [1.54, 1.807) is 0 Å². The maximum atomic E-state index is 7.23. The molecule has 0 radical (unpaired) electrons. The third-order valence-corrected chi connectivity index (χ3v) is 12.2. The molecule has 2 aliphatic rings. The lowest BCUT2D eigenvalue weighted by Gasteiger charge is -2.38. The minimum Gasteiger partial charge on any atom is -0.455 e. The average molecular weight is 787 g/mol. The molecule has 8 rings (SSSR count). The van der Waals surface area contributed by atoms with E-state index in [0.29, 0.717) is 0 Å². The fourth-order valence-corrected chi connectivity index (χ4v) is 8.50. The number of anilines is 4. The van der Waals surface area contributed by atoms with Gasteiger partial charge in [-0.3, -0.25) is 4.31 Å². The first-order chi connectivity index (χ1) is 27.2. The fourth-order valence-electron chi connectivity index (χ4n) is 8.16. The molecule has 0 aromatic heterocycles. The van der Waals surface area contributed by atoms with Crippen molar-refractivity contribution in [1.82, 2.24) is 0 Å². The first-order valence-corrected chi connectivity index (χ1v) is 21.0. The van der Waals surface area contributed by atoms with Crippen LogP contribution in [0.4, 0.5) is 22.7 Å². The summed E-state index contributed by atoms with van der Waals surface area (Å²) in [6.45, 7) is 27.4. The van der Waals surface area contributed by atoms with Crippen LogP contribution in [-0.2, 0) is 21.7 Å². The van der Waals surface area contributed by atoms with Crippen LogP contribution >= 0.6 is 12.8 Å². The maximum Gasteiger partial charge on any atom is 0.151 e. The Morgan fingerprint density at radius 3 is 1.26 bits per heavy atom. The number of rotatable bonds is 0. The van der Waals surface area contributed by atoms with E-state index < -0.39 is 0 Å². The van der Waals surface area contributed by atoms with Gasteiger partial charge in [0.05, 0.1) is 28.8 Å². The van der Waals surface area contributed by atoms with Crippen LogP contribution in [0.5, 0.6) is 23.0 Å². The predicted molar refractivity (Wildman–Crippen MR) is 248 cm³/mol. The largest absolute Gasteiger partial charge is 0.455 e. The molecule has 1 unspecified atom stereocenters. The van der Waals surface area contributed by atoms with Crippen LogP contribution in [0.1, 0.15) is 123 Å². The number of fused-ring (bicyclic) bond motifs is 12. The lowest BCUT2D eigenvalue weighted by molar-refractivity contribution is 0.470. The van der Waals surface area contributed by atoms with Crippen molar-refractivity contribution >= 4 is 35.6 Å². The molecule has 2 aliphatic heterocycles. The summed E-state index contributed by atoms with van der Waals surface area (Å²) in [6.07, 6.45) is 0. The molecule has 4 nitrogen and oxygen atoms in total. The highest BCUT2D eigenvalue weighted by molar-refractivity contribution is 7.82. The molecule has 0 saturated heterocycles. The van der Waals surface area contributed by atoms with Gasteiger partial charge in [0.15, 0.2) is 11.5 Å². The summed E-state index contributed by atoms with van der Waals surface area (Å²) in [4.78, 5) is 2.52. The Bertz CT molecular complexity index is 2540. The second-order valence-electron chi connectivity index (χ2n) is 20.2. The topological polar surface area (TPSA) is 24.9 Å². The Morgan fingerprint density at radius 2 is 0.776 bits per heavy atom. The highest BCUT2D eigenvalue weighted by Crippen LogP contribution is 2.57. The van der Waals surface area contributed by atoms with E-state index in [0.717, 1.165) is 68.0 Å². The predicted octanol–water partition coefficient (Wildman–Crippen LogP) is 15.7. The van der Waals surface area contributed by atoms with Gasteiger partial charge in [-0.15, -0.1) is 0 Å². The number of benzene rings is 6. The van der Waals surface area contributed by atoms with Crippen LogP contribution in [0.25, 0.3) is 11.1 Å². The van der Waals surface area contributed by atoms with Crippen molar-refractivity contribution in [2.24, 2.45) is 0 Å². The Hall–Kier alpha value is -5.13. The zero-order chi connectivity index (χ0) is 41.5. The normalized spacial score (nSPS) is 15.4. The van der Waals surface area contributed by atoms with Crippen molar-refractivity contribution in [1.29, 1.82) is 0 Å². The summed E-state index contributed by atoms with van der Waals surface area (Å²) >= 11 is 5.34. The zero-order valence-electron chi connectivity index (χ0n) is 36.3. The Kier molecular flexibility index (Phi) is 9.59. The lowest BCUT2D eigenvalue weighted by atomic mass is 9.80. The Balaban J connectivity index is 1.60. The highest BCUT2D eigenvalue weighted by atomic mass is 32.1. The van der Waals surface area contributed by atoms with E-state index in [1.807, 2.05) is 10.4 Å². The summed E-state index contributed by atoms with van der Waals surface area (Å²) in [5.41, 5.74) is 12.7. The van der Waals surface area contributed by atoms with Gasteiger partial charge in [0.2, 0.25) is 0 Å². The summed E-state index contributed by atoms with van der Waals surface area (Å²) < 4.78 is 16.3. The molecular weight excluding hydrogens is 729 g/mol. The molecule has 0 saturated carbocycles. The van der Waals surface area contributed by atoms with Crippen LogP contribution in [-0.4, -0.2) is 0 Å². The second kappa shape index (κ2) is 14.0. The van der Waals surface area contributed by atoms with Gasteiger partial charge >= 0.3 is 0 Å². The van der Waals surface area contributed by atoms with Crippen LogP contribution < -0.4 is 18.7 Å². The molecule has 6 aromatic rings. The summed E-state index contributed by atoms with van der Waals surface area (Å²) in [7, 11) is 0. The van der Waals surface area contributed by atoms with Crippen molar-refractivity contribution < 1.29 is 9.47 Å². The lowest BCUT2D eigenvalue weighted by Crippen LogP contribution is -2.27. The van der Waals surface area contributed by atoms with E-state index in [-0.39, 0.29) is 27.7 Å². The van der Waals surface area contributed by atoms with Gasteiger partial charge in [0, 0.05) is 22.3 Å². The third-order valence-electron chi connectivity index (χ3n) is 11.8. The van der Waals surface area contributed by atoms with Crippen molar-refractivity contribution in [2.75, 3.05) is 9.21 Å². The van der Waals surface area contributed by atoms with E-state index in [1.165, 1.54) is 22.3 Å². The molecule has 5 heteroatoms. The molecule has 2 heterocycles. The molecule has 0 bridgehead atoms. The van der Waals surface area contributed by atoms with Gasteiger partial charge in [-0.2, -0.15) is 0 Å². The number of nitrogens with zero attached hydrogens (tertiary/aromatic N) is 2. The van der Waals surface area contributed by atoms with Gasteiger partial charge in [-0.1, -0.05) is 144 Å². The van der Waals surface area contributed by atoms with Crippen LogP contribution in [0.2, 0.25) is 0 Å². The van der Waals surface area contributed by atoms with Gasteiger partial charge in [0.1, 0.15) is 11.5 Å². The zero-order valence-corrected chi connectivity index (χ0v) is 37.2. The molecule has 0 amide bonds. The first kappa shape index (κ1) is 39.7. The smallest absolute Gasteiger partial charge is 0.151 e. The molecular formula is C53H58N2O2S. The monoisotopic (exact) mass is 786 g/mol. The number of thiol groups is 1. The van der Waals surface area contributed by atoms with Crippen molar-refractivity contribution in [3.05, 3.63) is 155 Å². The van der Waals surface area contributed by atoms with Crippen molar-refractivity contribution in [2.45, 2.75) is 111 Å². The molecule has 0 N–H and O–H groups in total. The molecule has 0 spiro atoms. The van der Waals surface area contributed by atoms with Gasteiger partial charge < -0.3 is 14.4 Å². The minimum absolute atomic E-state index is 0.0981. The first-order valence-electron chi connectivity index (χ1n) is 20.6. The van der Waals surface area contributed by atoms with Crippen LogP contribution in [0.15, 0.2) is 121 Å². The maximum absolute atomic E-state index is 7.23. The molecule has 0 fully saturated rings. The second-order valence-corrected chi connectivity index (χ2v) is 20.6. The average Bonchev–Trinajstić information content (AvgIpc) is 3.30. The van der Waals surface area contributed by atoms with E-state index >= 15 is 0 Å². The molecule has 0 aliphatic carbocycles. The summed E-state index contributed by atoms with van der Waals surface area (Å²) in [5, 5.41) is 0. The third kappa shape index (κ3) is 7.17. The van der Waals surface area contributed by atoms with Gasteiger partial charge in [-0.25, -0.2) is 0 Å². The number of hydrogen-bond acceptors (Lipinski definition) is 5. The van der Waals surface area contributed by atoms with Crippen LogP contribution in [0.3, 0.4) is 0 Å². The standard InChI is InChI=1S/C53H58N2O2S/c1-50(2,3)33-21-25-41-37(29-33)38-30-34(51(4,5)6)22-26-42(38)55(58)44-18-14-16-20-48(44)57-46-28-24-36(53(10,11)12)32-40(46)49-39-31-35(52(7,8)9)23-27-45(39)56-47-19-15-13-17-43(47)54(41)49/h13-32,49,58H,1-12H3. The van der Waals surface area contributed by atoms with Gasteiger partial charge in [-0.05, 0) is 117 Å². The SMILES string of the molecule is CC(C)(C)c1ccc2c(c1)-c1cc(C(C)(C)C)ccc1N1c3ccccc3Oc3ccc(C(C)(C)C)cc3C1c1cc(C(C)(C)C)ccc1Oc1ccccc1N2S. The molecule has 1 atom stereocenters. The molecule has 58 heavy (non-hydrogen) atoms. The number of ether oxygens (including phenoxy) is 2. The molecule has 6 aromatic carbocycles. The van der Waals surface area contributed by atoms with Crippen LogP contribution in [0, 0.1) is 0 Å². The summed E-state index contributed by atoms with van der Waals surface area (Å²) in [5.74, 6) is 3.13. The number of hydrogen-bond donors (Lipinski definition) is 1. The Morgan fingerprint density at radius 1 is 0.397 bits per heavy atom. The number of para-hydroxylation sites is 4. The van der Waals surface area contributed by atoms with E-state index in [2.05, 4.69) is 203 Å². The van der Waals surface area contributed by atoms with Crippen molar-refractivity contribution in [3.8, 4) is 34.1 Å². The quantitative estimate of drug-likeness (QED) is 0.155. The van der Waals surface area contributed by atoms with E-state index in [4.69, 9.17) is 22.3 Å². The molecule has 298 valence electrons. The van der Waals surface area contributed by atoms with Crippen molar-refractivity contribution in [3.63, 3.8) is 0 Å². The fraction of sp³-hybridized carbons (Fsp3) is 0.321. The van der Waals surface area contributed by atoms with Gasteiger partial charge in [0.25, 0.3) is 0 Å². The Labute approximate surface area is 352 Å².